The highest BCUT2D eigenvalue weighted by molar-refractivity contribution is 5.76. The predicted molar refractivity (Wildman–Crippen MR) is 67.0 cm³/mol. The van der Waals surface area contributed by atoms with Crippen molar-refractivity contribution in [2.75, 3.05) is 13.2 Å². The average Bonchev–Trinajstić information content (AvgIpc) is 3.18. The lowest BCUT2D eigenvalue weighted by atomic mass is 10.1. The van der Waals surface area contributed by atoms with E-state index in [1.165, 1.54) is 0 Å². The molecule has 1 aliphatic heterocycles. The topological polar surface area (TPSA) is 51.0 Å². The molecule has 18 heavy (non-hydrogen) atoms. The van der Waals surface area contributed by atoms with Crippen molar-refractivity contribution in [1.82, 2.24) is 0 Å². The molecule has 0 amide bonds. The lowest BCUT2D eigenvalue weighted by molar-refractivity contribution is -0.829. The van der Waals surface area contributed by atoms with Gasteiger partial charge in [0.05, 0.1) is 6.61 Å². The molecule has 0 radical (unpaired) electrons. The summed E-state index contributed by atoms with van der Waals surface area (Å²) in [5.41, 5.74) is 0.727. The van der Waals surface area contributed by atoms with Gasteiger partial charge >= 0.3 is 5.97 Å². The molecule has 1 heterocycles. The van der Waals surface area contributed by atoms with Crippen LogP contribution in [0.25, 0.3) is 0 Å². The van der Waals surface area contributed by atoms with E-state index in [9.17, 15) is 9.90 Å². The minimum Gasteiger partial charge on any atom is -0.456 e. The van der Waals surface area contributed by atoms with Crippen molar-refractivity contribution >= 4 is 5.97 Å². The number of ether oxygens (including phenoxy) is 1. The second-order valence-corrected chi connectivity index (χ2v) is 5.42. The molecule has 4 nitrogen and oxygen atoms in total. The van der Waals surface area contributed by atoms with Crippen molar-refractivity contribution in [1.29, 1.82) is 0 Å². The van der Waals surface area contributed by atoms with Gasteiger partial charge in [0.25, 0.3) is 0 Å². The second-order valence-electron chi connectivity index (χ2n) is 5.42. The fourth-order valence-electron chi connectivity index (χ4n) is 2.07. The van der Waals surface area contributed by atoms with E-state index in [-0.39, 0.29) is 24.2 Å². The molecule has 1 saturated heterocycles. The summed E-state index contributed by atoms with van der Waals surface area (Å²) in [5, 5.41) is 9.24. The summed E-state index contributed by atoms with van der Waals surface area (Å²) in [7, 11) is 0. The lowest BCUT2D eigenvalue weighted by Gasteiger charge is -2.20. The van der Waals surface area contributed by atoms with Crippen LogP contribution >= 0.6 is 0 Å². The minimum absolute atomic E-state index is 0.0742. The van der Waals surface area contributed by atoms with Crippen molar-refractivity contribution in [2.45, 2.75) is 32.0 Å². The molecule has 0 spiro atoms. The van der Waals surface area contributed by atoms with Crippen LogP contribution in [0.5, 0.6) is 0 Å². The fourth-order valence-corrected chi connectivity index (χ4v) is 2.07. The zero-order valence-electron chi connectivity index (χ0n) is 10.8. The quantitative estimate of drug-likeness (QED) is 0.560. The van der Waals surface area contributed by atoms with E-state index in [0.29, 0.717) is 6.61 Å². The number of hydrogen-bond acceptors (Lipinski definition) is 3. The average molecular weight is 250 g/mol. The van der Waals surface area contributed by atoms with E-state index in [1.54, 1.807) is 0 Å². The van der Waals surface area contributed by atoms with Gasteiger partial charge in [0.15, 0.2) is 0 Å². The highest BCUT2D eigenvalue weighted by Crippen LogP contribution is 2.07. The minimum atomic E-state index is -0.267. The van der Waals surface area contributed by atoms with Gasteiger partial charge in [-0.25, -0.2) is 4.79 Å². The van der Waals surface area contributed by atoms with Crippen LogP contribution in [0.2, 0.25) is 0 Å². The monoisotopic (exact) mass is 250 g/mol. The second kappa shape index (κ2) is 5.08. The Labute approximate surface area is 107 Å². The third-order valence-electron chi connectivity index (χ3n) is 3.46. The Bertz CT molecular complexity index is 416. The molecule has 0 aromatic heterocycles. The maximum absolute atomic E-state index is 11.8. The van der Waals surface area contributed by atoms with E-state index in [1.807, 2.05) is 44.2 Å². The molecule has 1 fully saturated rings. The number of rotatable bonds is 5. The molecule has 1 aromatic carbocycles. The highest BCUT2D eigenvalue weighted by Gasteiger charge is 2.55. The molecule has 4 heteroatoms. The van der Waals surface area contributed by atoms with Crippen molar-refractivity contribution in [2.24, 2.45) is 0 Å². The van der Waals surface area contributed by atoms with Crippen LogP contribution in [0.4, 0.5) is 0 Å². The number of nitrogens with one attached hydrogen (secondary N) is 1. The molecular formula is C14H20NO3+. The predicted octanol–water partition coefficient (Wildman–Crippen LogP) is -0.232. The highest BCUT2D eigenvalue weighted by atomic mass is 16.5. The summed E-state index contributed by atoms with van der Waals surface area (Å²) in [6, 6.07) is 9.53. The number of aliphatic hydroxyl groups is 1. The molecular weight excluding hydrogens is 230 g/mol. The van der Waals surface area contributed by atoms with Crippen LogP contribution in [0.3, 0.4) is 0 Å². The van der Waals surface area contributed by atoms with E-state index < -0.39 is 0 Å². The van der Waals surface area contributed by atoms with Gasteiger partial charge < -0.3 is 14.7 Å². The van der Waals surface area contributed by atoms with Crippen LogP contribution in [-0.2, 0) is 16.1 Å². The summed E-state index contributed by atoms with van der Waals surface area (Å²) in [6.45, 7) is 5.05. The molecule has 0 saturated carbocycles. The van der Waals surface area contributed by atoms with E-state index in [0.717, 1.165) is 17.0 Å². The summed E-state index contributed by atoms with van der Waals surface area (Å²) in [4.78, 5) is 12.9. The largest absolute Gasteiger partial charge is 0.456 e. The number of benzene rings is 1. The Morgan fingerprint density at radius 3 is 2.72 bits per heavy atom. The van der Waals surface area contributed by atoms with E-state index >= 15 is 0 Å². The number of aliphatic hydroxyl groups excluding tert-OH is 1. The molecule has 0 aliphatic carbocycles. The standard InChI is InChI=1S/C14H19NO3/c1-14(2,10-16)15-8-12(15)13(17)18-9-11-6-4-3-5-7-11/h3-7,12,16H,8-10H2,1-2H3/p+1/t12-,15?/m0/s1. The van der Waals surface area contributed by atoms with Gasteiger partial charge in [-0.15, -0.1) is 0 Å². The normalized spacial score (nSPS) is 22.6. The van der Waals surface area contributed by atoms with Gasteiger partial charge in [0.1, 0.15) is 18.7 Å². The summed E-state index contributed by atoms with van der Waals surface area (Å²) >= 11 is 0. The zero-order valence-corrected chi connectivity index (χ0v) is 10.8. The third-order valence-corrected chi connectivity index (χ3v) is 3.46. The SMILES string of the molecule is CC(C)(CO)[NH+]1C[C@H]1C(=O)OCc1ccccc1. The van der Waals surface area contributed by atoms with Gasteiger partial charge in [-0.1, -0.05) is 30.3 Å². The van der Waals surface area contributed by atoms with Gasteiger partial charge in [0, 0.05) is 0 Å². The third kappa shape index (κ3) is 2.89. The summed E-state index contributed by atoms with van der Waals surface area (Å²) in [6.07, 6.45) is 0. The first-order valence-electron chi connectivity index (χ1n) is 6.22. The molecule has 2 N–H and O–H groups in total. The first-order valence-corrected chi connectivity index (χ1v) is 6.22. The Hall–Kier alpha value is -1.39. The van der Waals surface area contributed by atoms with Gasteiger partial charge in [-0.3, -0.25) is 0 Å². The van der Waals surface area contributed by atoms with E-state index in [4.69, 9.17) is 4.74 Å². The molecule has 1 unspecified atom stereocenters. The molecule has 1 aromatic rings. The molecule has 2 atom stereocenters. The Morgan fingerprint density at radius 2 is 2.11 bits per heavy atom. The Balaban J connectivity index is 1.81. The number of carbonyl (C=O) groups excluding carboxylic acids is 1. The van der Waals surface area contributed by atoms with Crippen LogP contribution in [-0.4, -0.2) is 35.8 Å². The number of carbonyl (C=O) groups is 1. The van der Waals surface area contributed by atoms with Crippen molar-refractivity contribution < 1.29 is 19.5 Å². The first kappa shape index (κ1) is 13.1. The molecule has 2 rings (SSSR count). The van der Waals surface area contributed by atoms with E-state index in [2.05, 4.69) is 0 Å². The fraction of sp³-hybridized carbons (Fsp3) is 0.500. The van der Waals surface area contributed by atoms with Crippen LogP contribution in [0, 0.1) is 0 Å². The first-order chi connectivity index (χ1) is 8.54. The molecule has 1 aliphatic rings. The maximum atomic E-state index is 11.8. The van der Waals surface area contributed by atoms with Gasteiger partial charge in [0.2, 0.25) is 6.04 Å². The van der Waals surface area contributed by atoms with Gasteiger partial charge in [-0.2, -0.15) is 0 Å². The smallest absolute Gasteiger partial charge is 0.371 e. The van der Waals surface area contributed by atoms with Gasteiger partial charge in [-0.05, 0) is 19.4 Å². The van der Waals surface area contributed by atoms with Crippen LogP contribution in [0.15, 0.2) is 30.3 Å². The Kier molecular flexibility index (Phi) is 3.68. The summed E-state index contributed by atoms with van der Waals surface area (Å²) < 4.78 is 5.28. The Morgan fingerprint density at radius 1 is 1.44 bits per heavy atom. The number of hydrogen-bond donors (Lipinski definition) is 2. The maximum Gasteiger partial charge on any atom is 0.371 e. The lowest BCUT2D eigenvalue weighted by Crippen LogP contribution is -3.05. The number of esters is 1. The van der Waals surface area contributed by atoms with Crippen molar-refractivity contribution in [3.63, 3.8) is 0 Å². The zero-order chi connectivity index (χ0) is 13.2. The van der Waals surface area contributed by atoms with Crippen molar-refractivity contribution in [3.8, 4) is 0 Å². The number of quaternary nitrogens is 1. The molecule has 98 valence electrons. The molecule has 0 bridgehead atoms. The van der Waals surface area contributed by atoms with Crippen molar-refractivity contribution in [3.05, 3.63) is 35.9 Å². The van der Waals surface area contributed by atoms with Crippen LogP contribution < -0.4 is 4.90 Å². The summed E-state index contributed by atoms with van der Waals surface area (Å²) in [5.74, 6) is -0.171. The van der Waals surface area contributed by atoms with Crippen LogP contribution in [0.1, 0.15) is 19.4 Å².